The number of nitrogens with zero attached hydrogens (tertiary/aromatic N) is 1. The van der Waals surface area contributed by atoms with Crippen LogP contribution in [0.2, 0.25) is 0 Å². The van der Waals surface area contributed by atoms with E-state index >= 15 is 0 Å². The number of aromatic nitrogens is 1. The average Bonchev–Trinajstić information content (AvgIpc) is 3.35. The number of carbonyl (C=O) groups excluding carboxylic acids is 1. The smallest absolute Gasteiger partial charge is 0.331 e. The fourth-order valence-electron chi connectivity index (χ4n) is 3.56. The van der Waals surface area contributed by atoms with Crippen LogP contribution in [0.15, 0.2) is 41.3 Å². The summed E-state index contributed by atoms with van der Waals surface area (Å²) < 4.78 is 52.2. The number of hydrogen-bond acceptors (Lipinski definition) is 6. The normalized spacial score (nSPS) is 11.4. The zero-order chi connectivity index (χ0) is 27.7. The maximum absolute atomic E-state index is 14.4. The van der Waals surface area contributed by atoms with Crippen LogP contribution in [0, 0.1) is 11.6 Å². The van der Waals surface area contributed by atoms with Crippen molar-refractivity contribution >= 4 is 34.4 Å². The molecule has 0 saturated heterocycles. The van der Waals surface area contributed by atoms with Gasteiger partial charge in [-0.15, -0.1) is 11.3 Å². The van der Waals surface area contributed by atoms with Crippen molar-refractivity contribution in [2.24, 2.45) is 0 Å². The maximum atomic E-state index is 14.4. The molecule has 3 rings (SSSR count). The Morgan fingerprint density at radius 1 is 1.16 bits per heavy atom. The highest BCUT2D eigenvalue weighted by Crippen LogP contribution is 2.35. The molecule has 0 unspecified atom stereocenters. The highest BCUT2D eigenvalue weighted by molar-refractivity contribution is 7.14. The Morgan fingerprint density at radius 3 is 2.55 bits per heavy atom. The van der Waals surface area contributed by atoms with Crippen molar-refractivity contribution in [3.05, 3.63) is 69.6 Å². The molecule has 1 amide bonds. The second-order valence-electron chi connectivity index (χ2n) is 8.23. The van der Waals surface area contributed by atoms with Gasteiger partial charge in [0.2, 0.25) is 0 Å². The largest absolute Gasteiger partial charge is 0.496 e. The van der Waals surface area contributed by atoms with Crippen molar-refractivity contribution in [1.82, 2.24) is 4.98 Å². The summed E-state index contributed by atoms with van der Waals surface area (Å²) in [6.45, 7) is 1.77. The minimum Gasteiger partial charge on any atom is -0.496 e. The van der Waals surface area contributed by atoms with Gasteiger partial charge in [0.1, 0.15) is 17.4 Å². The van der Waals surface area contributed by atoms with Gasteiger partial charge in [-0.3, -0.25) is 14.5 Å². The van der Waals surface area contributed by atoms with Gasteiger partial charge in [0.25, 0.3) is 5.91 Å². The SMILES string of the molecule is COc1c(CCOCCCCF)cccc1-c1csc(NC(=O)c2cc(F)c(C=C(C)C(=O)O)c(F)c2)n1. The van der Waals surface area contributed by atoms with Crippen molar-refractivity contribution in [2.75, 3.05) is 32.3 Å². The van der Waals surface area contributed by atoms with Gasteiger partial charge >= 0.3 is 5.97 Å². The number of ether oxygens (including phenoxy) is 2. The van der Waals surface area contributed by atoms with Gasteiger partial charge in [-0.25, -0.2) is 18.6 Å². The molecule has 7 nitrogen and oxygen atoms in total. The number of para-hydroxylation sites is 1. The molecule has 202 valence electrons. The number of alkyl halides is 1. The molecule has 0 aliphatic heterocycles. The van der Waals surface area contributed by atoms with Gasteiger partial charge in [-0.2, -0.15) is 0 Å². The van der Waals surface area contributed by atoms with E-state index in [-0.39, 0.29) is 22.9 Å². The Labute approximate surface area is 221 Å². The standard InChI is InChI=1S/C27H27F3N2O5S/c1-16(26(34)35)12-20-21(29)13-18(14-22(20)30)25(33)32-27-31-23(15-38-27)19-7-5-6-17(24(19)36-2)8-11-37-10-4-3-9-28/h5-7,12-15H,3-4,8-11H2,1-2H3,(H,34,35)(H,31,32,33). The predicted octanol–water partition coefficient (Wildman–Crippen LogP) is 6.15. The van der Waals surface area contributed by atoms with Gasteiger partial charge in [-0.05, 0) is 56.0 Å². The van der Waals surface area contributed by atoms with E-state index < -0.39 is 29.1 Å². The zero-order valence-electron chi connectivity index (χ0n) is 20.9. The predicted molar refractivity (Wildman–Crippen MR) is 139 cm³/mol. The number of halogens is 3. The van der Waals surface area contributed by atoms with E-state index in [0.29, 0.717) is 49.5 Å². The monoisotopic (exact) mass is 548 g/mol. The van der Waals surface area contributed by atoms with E-state index in [1.54, 1.807) is 12.5 Å². The summed E-state index contributed by atoms with van der Waals surface area (Å²) in [5.74, 6) is -3.62. The fraction of sp³-hybridized carbons (Fsp3) is 0.296. The van der Waals surface area contributed by atoms with Gasteiger partial charge in [-0.1, -0.05) is 12.1 Å². The topological polar surface area (TPSA) is 97.8 Å². The van der Waals surface area contributed by atoms with Crippen LogP contribution < -0.4 is 10.1 Å². The first-order valence-electron chi connectivity index (χ1n) is 11.7. The molecule has 3 aromatic rings. The van der Waals surface area contributed by atoms with E-state index in [1.165, 1.54) is 6.92 Å². The molecule has 0 atom stereocenters. The summed E-state index contributed by atoms with van der Waals surface area (Å²) in [7, 11) is 1.54. The van der Waals surface area contributed by atoms with E-state index in [4.69, 9.17) is 14.6 Å². The van der Waals surface area contributed by atoms with Gasteiger partial charge < -0.3 is 14.6 Å². The lowest BCUT2D eigenvalue weighted by atomic mass is 10.0. The van der Waals surface area contributed by atoms with Crippen molar-refractivity contribution < 1.29 is 37.3 Å². The molecule has 1 aromatic heterocycles. The highest BCUT2D eigenvalue weighted by atomic mass is 32.1. The molecule has 0 radical (unpaired) electrons. The van der Waals surface area contributed by atoms with Crippen molar-refractivity contribution in [2.45, 2.75) is 26.2 Å². The number of anilines is 1. The fourth-order valence-corrected chi connectivity index (χ4v) is 4.27. The number of benzene rings is 2. The molecule has 0 aliphatic carbocycles. The lowest BCUT2D eigenvalue weighted by Gasteiger charge is -2.12. The molecule has 0 aliphatic rings. The first-order chi connectivity index (χ1) is 18.2. The Balaban J connectivity index is 1.73. The van der Waals surface area contributed by atoms with E-state index in [1.807, 2.05) is 18.2 Å². The summed E-state index contributed by atoms with van der Waals surface area (Å²) in [6, 6.07) is 7.24. The summed E-state index contributed by atoms with van der Waals surface area (Å²) in [5, 5.41) is 13.4. The molecule has 0 bridgehead atoms. The number of thiazole rings is 1. The summed E-state index contributed by atoms with van der Waals surface area (Å²) in [5.41, 5.74) is 1.04. The van der Waals surface area contributed by atoms with Crippen LogP contribution in [0.4, 0.5) is 18.3 Å². The Morgan fingerprint density at radius 2 is 1.89 bits per heavy atom. The summed E-state index contributed by atoms with van der Waals surface area (Å²) >= 11 is 1.13. The molecule has 11 heteroatoms. The second kappa shape index (κ2) is 13.7. The number of hydrogen-bond donors (Lipinski definition) is 2. The lowest BCUT2D eigenvalue weighted by molar-refractivity contribution is -0.132. The molecular weight excluding hydrogens is 521 g/mol. The highest BCUT2D eigenvalue weighted by Gasteiger charge is 2.18. The molecule has 0 saturated carbocycles. The third kappa shape index (κ3) is 7.42. The van der Waals surface area contributed by atoms with Gasteiger partial charge in [0, 0.05) is 34.3 Å². The minimum absolute atomic E-state index is 0.208. The second-order valence-corrected chi connectivity index (χ2v) is 9.09. The molecule has 1 heterocycles. The van der Waals surface area contributed by atoms with E-state index in [0.717, 1.165) is 35.1 Å². The lowest BCUT2D eigenvalue weighted by Crippen LogP contribution is -2.13. The van der Waals surface area contributed by atoms with Crippen LogP contribution in [0.3, 0.4) is 0 Å². The Kier molecular flexibility index (Phi) is 10.4. The van der Waals surface area contributed by atoms with Gasteiger partial charge in [0.15, 0.2) is 5.13 Å². The molecule has 0 spiro atoms. The third-order valence-electron chi connectivity index (χ3n) is 5.53. The number of carboxylic acids is 1. The summed E-state index contributed by atoms with van der Waals surface area (Å²) in [4.78, 5) is 28.0. The molecular formula is C27H27F3N2O5S. The Bertz CT molecular complexity index is 1300. The van der Waals surface area contributed by atoms with Crippen molar-refractivity contribution in [3.8, 4) is 17.0 Å². The average molecular weight is 549 g/mol. The molecule has 38 heavy (non-hydrogen) atoms. The van der Waals surface area contributed by atoms with Crippen LogP contribution in [0.25, 0.3) is 17.3 Å². The first-order valence-corrected chi connectivity index (χ1v) is 12.6. The number of nitrogens with one attached hydrogen (secondary N) is 1. The Hall–Kier alpha value is -3.70. The van der Waals surface area contributed by atoms with Crippen LogP contribution >= 0.6 is 11.3 Å². The van der Waals surface area contributed by atoms with Crippen LogP contribution in [0.5, 0.6) is 5.75 Å². The summed E-state index contributed by atoms with van der Waals surface area (Å²) in [6.07, 6.45) is 2.57. The van der Waals surface area contributed by atoms with Crippen molar-refractivity contribution in [3.63, 3.8) is 0 Å². The van der Waals surface area contributed by atoms with E-state index in [2.05, 4.69) is 10.3 Å². The molecule has 2 aromatic carbocycles. The molecule has 0 fully saturated rings. The number of amides is 1. The van der Waals surface area contributed by atoms with Crippen molar-refractivity contribution in [1.29, 1.82) is 0 Å². The molecule has 2 N–H and O–H groups in total. The minimum atomic E-state index is -1.31. The number of rotatable bonds is 13. The third-order valence-corrected chi connectivity index (χ3v) is 6.29. The first kappa shape index (κ1) is 28.9. The van der Waals surface area contributed by atoms with Crippen LogP contribution in [-0.4, -0.2) is 49.0 Å². The number of aliphatic carboxylic acids is 1. The van der Waals surface area contributed by atoms with E-state index in [9.17, 15) is 22.8 Å². The van der Waals surface area contributed by atoms with Gasteiger partial charge in [0.05, 0.1) is 26.1 Å². The van der Waals surface area contributed by atoms with Crippen LogP contribution in [0.1, 0.15) is 41.3 Å². The maximum Gasteiger partial charge on any atom is 0.331 e. The number of carboxylic acid groups (broad SMARTS) is 1. The number of methoxy groups -OCH3 is 1. The van der Waals surface area contributed by atoms with Crippen LogP contribution in [-0.2, 0) is 16.0 Å². The zero-order valence-corrected chi connectivity index (χ0v) is 21.7. The number of carbonyl (C=O) groups is 2. The quantitative estimate of drug-likeness (QED) is 0.197. The number of unbranched alkanes of at least 4 members (excludes halogenated alkanes) is 1.